The molecule has 0 bridgehead atoms. The third-order valence-corrected chi connectivity index (χ3v) is 4.11. The van der Waals surface area contributed by atoms with E-state index in [1.54, 1.807) is 23.2 Å². The van der Waals surface area contributed by atoms with Crippen LogP contribution >= 0.6 is 0 Å². The topological polar surface area (TPSA) is 51.7 Å². The van der Waals surface area contributed by atoms with Gasteiger partial charge in [0.25, 0.3) is 5.91 Å². The molecule has 0 aliphatic carbocycles. The van der Waals surface area contributed by atoms with Crippen LogP contribution in [0.5, 0.6) is 11.5 Å². The Labute approximate surface area is 142 Å². The standard InChI is InChI=1S/C19H22N2O3/c1-3-23-16-10-11-21(13-16)19(22)17-9-8-15(12-20-17)24-18-7-5-4-6-14(18)2/h4-9,12,16H,3,10-11,13H2,1-2H3/t16-/m0/s1. The maximum Gasteiger partial charge on any atom is 0.272 e. The summed E-state index contributed by atoms with van der Waals surface area (Å²) in [6, 6.07) is 11.3. The average molecular weight is 326 g/mol. The van der Waals surface area contributed by atoms with E-state index in [0.29, 0.717) is 31.1 Å². The zero-order chi connectivity index (χ0) is 16.9. The lowest BCUT2D eigenvalue weighted by molar-refractivity contribution is 0.0595. The van der Waals surface area contributed by atoms with E-state index in [1.807, 2.05) is 38.1 Å². The Bertz CT molecular complexity index is 700. The zero-order valence-electron chi connectivity index (χ0n) is 14.1. The fourth-order valence-electron chi connectivity index (χ4n) is 2.81. The number of carbonyl (C=O) groups is 1. The first-order valence-electron chi connectivity index (χ1n) is 8.27. The van der Waals surface area contributed by atoms with Gasteiger partial charge in [0, 0.05) is 19.7 Å². The normalized spacial score (nSPS) is 17.1. The van der Waals surface area contributed by atoms with Crippen LogP contribution < -0.4 is 4.74 Å². The molecule has 1 atom stereocenters. The van der Waals surface area contributed by atoms with Gasteiger partial charge in [-0.25, -0.2) is 4.98 Å². The van der Waals surface area contributed by atoms with E-state index in [-0.39, 0.29) is 12.0 Å². The second kappa shape index (κ2) is 7.45. The predicted octanol–water partition coefficient (Wildman–Crippen LogP) is 3.43. The van der Waals surface area contributed by atoms with Gasteiger partial charge in [0.1, 0.15) is 17.2 Å². The quantitative estimate of drug-likeness (QED) is 0.844. The van der Waals surface area contributed by atoms with E-state index >= 15 is 0 Å². The van der Waals surface area contributed by atoms with Crippen LogP contribution in [0.3, 0.4) is 0 Å². The molecule has 2 heterocycles. The molecule has 1 aliphatic rings. The molecule has 2 aromatic rings. The van der Waals surface area contributed by atoms with Crippen molar-refractivity contribution >= 4 is 5.91 Å². The molecule has 1 aromatic heterocycles. The van der Waals surface area contributed by atoms with Crippen molar-refractivity contribution in [3.63, 3.8) is 0 Å². The summed E-state index contributed by atoms with van der Waals surface area (Å²) in [5.74, 6) is 1.35. The number of likely N-dealkylation sites (tertiary alicyclic amines) is 1. The van der Waals surface area contributed by atoms with Crippen LogP contribution in [-0.4, -0.2) is 41.6 Å². The molecular formula is C19H22N2O3. The van der Waals surface area contributed by atoms with Crippen LogP contribution in [0.4, 0.5) is 0 Å². The highest BCUT2D eigenvalue weighted by Gasteiger charge is 2.27. The van der Waals surface area contributed by atoms with Crippen LogP contribution in [0.2, 0.25) is 0 Å². The maximum absolute atomic E-state index is 12.5. The average Bonchev–Trinajstić information content (AvgIpc) is 3.06. The Kier molecular flexibility index (Phi) is 5.11. The highest BCUT2D eigenvalue weighted by molar-refractivity contribution is 5.92. The Morgan fingerprint density at radius 1 is 1.29 bits per heavy atom. The van der Waals surface area contributed by atoms with Gasteiger partial charge < -0.3 is 14.4 Å². The summed E-state index contributed by atoms with van der Waals surface area (Å²) < 4.78 is 11.4. The third kappa shape index (κ3) is 3.74. The van der Waals surface area contributed by atoms with E-state index in [0.717, 1.165) is 17.7 Å². The number of pyridine rings is 1. The number of para-hydroxylation sites is 1. The maximum atomic E-state index is 12.5. The summed E-state index contributed by atoms with van der Waals surface area (Å²) in [6.07, 6.45) is 2.62. The highest BCUT2D eigenvalue weighted by atomic mass is 16.5. The van der Waals surface area contributed by atoms with Crippen LogP contribution in [0.1, 0.15) is 29.4 Å². The van der Waals surface area contributed by atoms with Crippen LogP contribution in [0, 0.1) is 6.92 Å². The van der Waals surface area contributed by atoms with E-state index in [4.69, 9.17) is 9.47 Å². The summed E-state index contributed by atoms with van der Waals surface area (Å²) in [5, 5.41) is 0. The molecule has 0 unspecified atom stereocenters. The van der Waals surface area contributed by atoms with E-state index < -0.39 is 0 Å². The first kappa shape index (κ1) is 16.5. The van der Waals surface area contributed by atoms with Gasteiger partial charge >= 0.3 is 0 Å². The zero-order valence-corrected chi connectivity index (χ0v) is 14.1. The Balaban J connectivity index is 1.64. The molecular weight excluding hydrogens is 304 g/mol. The smallest absolute Gasteiger partial charge is 0.272 e. The van der Waals surface area contributed by atoms with Gasteiger partial charge in [0.2, 0.25) is 0 Å². The highest BCUT2D eigenvalue weighted by Crippen LogP contribution is 2.24. The summed E-state index contributed by atoms with van der Waals surface area (Å²) in [6.45, 7) is 5.99. The van der Waals surface area contributed by atoms with Gasteiger partial charge in [-0.3, -0.25) is 4.79 Å². The van der Waals surface area contributed by atoms with Gasteiger partial charge in [0.15, 0.2) is 0 Å². The molecule has 3 rings (SSSR count). The first-order valence-corrected chi connectivity index (χ1v) is 8.27. The lowest BCUT2D eigenvalue weighted by Crippen LogP contribution is -2.30. The first-order chi connectivity index (χ1) is 11.7. The van der Waals surface area contributed by atoms with Crippen molar-refractivity contribution in [3.05, 3.63) is 53.9 Å². The number of amides is 1. The predicted molar refractivity (Wildman–Crippen MR) is 91.4 cm³/mol. The van der Waals surface area contributed by atoms with Crippen molar-refractivity contribution in [3.8, 4) is 11.5 Å². The summed E-state index contributed by atoms with van der Waals surface area (Å²) in [4.78, 5) is 18.5. The molecule has 126 valence electrons. The molecule has 1 fully saturated rings. The Morgan fingerprint density at radius 2 is 2.12 bits per heavy atom. The minimum absolute atomic E-state index is 0.0559. The lowest BCUT2D eigenvalue weighted by atomic mass is 10.2. The monoisotopic (exact) mass is 326 g/mol. The molecule has 24 heavy (non-hydrogen) atoms. The number of hydrogen-bond donors (Lipinski definition) is 0. The SMILES string of the molecule is CCO[C@H]1CCN(C(=O)c2ccc(Oc3ccccc3C)cn2)C1. The molecule has 0 radical (unpaired) electrons. The summed E-state index contributed by atoms with van der Waals surface area (Å²) in [5.41, 5.74) is 1.49. The van der Waals surface area contributed by atoms with Gasteiger partial charge in [0.05, 0.1) is 12.3 Å². The Morgan fingerprint density at radius 3 is 2.83 bits per heavy atom. The largest absolute Gasteiger partial charge is 0.455 e. The second-order valence-corrected chi connectivity index (χ2v) is 5.86. The van der Waals surface area contributed by atoms with Crippen molar-refractivity contribution in [2.24, 2.45) is 0 Å². The molecule has 1 amide bonds. The van der Waals surface area contributed by atoms with E-state index in [1.165, 1.54) is 0 Å². The third-order valence-electron chi connectivity index (χ3n) is 4.11. The van der Waals surface area contributed by atoms with Gasteiger partial charge in [-0.05, 0) is 44.0 Å². The Hall–Kier alpha value is -2.40. The molecule has 0 saturated carbocycles. The van der Waals surface area contributed by atoms with Gasteiger partial charge in [-0.1, -0.05) is 18.2 Å². The van der Waals surface area contributed by atoms with Gasteiger partial charge in [-0.2, -0.15) is 0 Å². The number of benzene rings is 1. The van der Waals surface area contributed by atoms with Crippen LogP contribution in [0.25, 0.3) is 0 Å². The van der Waals surface area contributed by atoms with Crippen molar-refractivity contribution in [1.82, 2.24) is 9.88 Å². The summed E-state index contributed by atoms with van der Waals surface area (Å²) in [7, 11) is 0. The van der Waals surface area contributed by atoms with E-state index in [9.17, 15) is 4.79 Å². The number of ether oxygens (including phenoxy) is 2. The number of nitrogens with zero attached hydrogens (tertiary/aromatic N) is 2. The molecule has 1 aromatic carbocycles. The minimum Gasteiger partial charge on any atom is -0.455 e. The minimum atomic E-state index is -0.0559. The van der Waals surface area contributed by atoms with E-state index in [2.05, 4.69) is 4.98 Å². The number of hydrogen-bond acceptors (Lipinski definition) is 4. The number of aryl methyl sites for hydroxylation is 1. The molecule has 1 aliphatic heterocycles. The van der Waals surface area contributed by atoms with Crippen LogP contribution in [0.15, 0.2) is 42.6 Å². The fraction of sp³-hybridized carbons (Fsp3) is 0.368. The molecule has 1 saturated heterocycles. The number of carbonyl (C=O) groups excluding carboxylic acids is 1. The molecule has 0 N–H and O–H groups in total. The van der Waals surface area contributed by atoms with Gasteiger partial charge in [-0.15, -0.1) is 0 Å². The summed E-state index contributed by atoms with van der Waals surface area (Å²) >= 11 is 0. The van der Waals surface area contributed by atoms with Crippen molar-refractivity contribution in [2.45, 2.75) is 26.4 Å². The lowest BCUT2D eigenvalue weighted by Gasteiger charge is -2.16. The van der Waals surface area contributed by atoms with Crippen molar-refractivity contribution in [1.29, 1.82) is 0 Å². The molecule has 5 heteroatoms. The van der Waals surface area contributed by atoms with Crippen molar-refractivity contribution < 1.29 is 14.3 Å². The van der Waals surface area contributed by atoms with Crippen molar-refractivity contribution in [2.75, 3.05) is 19.7 Å². The fourth-order valence-corrected chi connectivity index (χ4v) is 2.81. The molecule has 5 nitrogen and oxygen atoms in total. The second-order valence-electron chi connectivity index (χ2n) is 5.86. The van der Waals surface area contributed by atoms with Crippen LogP contribution in [-0.2, 0) is 4.74 Å². The molecule has 0 spiro atoms. The number of rotatable bonds is 5. The number of aromatic nitrogens is 1.